The molecule has 1 aromatic rings. The van der Waals surface area contributed by atoms with Gasteiger partial charge in [-0.3, -0.25) is 4.68 Å². The van der Waals surface area contributed by atoms with Crippen LogP contribution in [0, 0.1) is 13.8 Å². The Morgan fingerprint density at radius 2 is 2.06 bits per heavy atom. The van der Waals surface area contributed by atoms with Crippen molar-refractivity contribution in [2.45, 2.75) is 46.7 Å². The molecule has 0 saturated carbocycles. The molecule has 0 amide bonds. The molecule has 4 nitrogen and oxygen atoms in total. The van der Waals surface area contributed by atoms with Gasteiger partial charge in [0.15, 0.2) is 0 Å². The van der Waals surface area contributed by atoms with Crippen molar-refractivity contribution in [2.24, 2.45) is 0 Å². The molecule has 1 heterocycles. The number of methoxy groups -OCH3 is 1. The van der Waals surface area contributed by atoms with Crippen LogP contribution in [0.4, 0.5) is 0 Å². The maximum absolute atomic E-state index is 5.05. The molecule has 0 fully saturated rings. The third kappa shape index (κ3) is 4.13. The molecular weight excluding hydrogens is 214 g/mol. The maximum Gasteiger partial charge on any atom is 0.0641 e. The van der Waals surface area contributed by atoms with Gasteiger partial charge in [0.05, 0.1) is 5.69 Å². The first-order valence-electron chi connectivity index (χ1n) is 6.43. The van der Waals surface area contributed by atoms with Crippen LogP contribution in [0.1, 0.15) is 36.7 Å². The Morgan fingerprint density at radius 1 is 1.29 bits per heavy atom. The average Bonchev–Trinajstić information content (AvgIpc) is 2.58. The van der Waals surface area contributed by atoms with Gasteiger partial charge in [0.25, 0.3) is 0 Å². The van der Waals surface area contributed by atoms with Gasteiger partial charge in [0, 0.05) is 38.1 Å². The number of nitrogens with zero attached hydrogens (tertiary/aromatic N) is 2. The molecule has 0 aromatic carbocycles. The van der Waals surface area contributed by atoms with Crippen LogP contribution in [-0.4, -0.2) is 30.0 Å². The van der Waals surface area contributed by atoms with Crippen molar-refractivity contribution in [3.05, 3.63) is 17.0 Å². The number of hydrogen-bond donors (Lipinski definition) is 1. The van der Waals surface area contributed by atoms with Crippen molar-refractivity contribution in [2.75, 3.05) is 20.3 Å². The number of hydrogen-bond acceptors (Lipinski definition) is 3. The van der Waals surface area contributed by atoms with E-state index in [2.05, 4.69) is 35.9 Å². The maximum atomic E-state index is 5.05. The summed E-state index contributed by atoms with van der Waals surface area (Å²) in [4.78, 5) is 0. The van der Waals surface area contributed by atoms with E-state index in [0.717, 1.165) is 44.8 Å². The van der Waals surface area contributed by atoms with Crippen LogP contribution in [0.15, 0.2) is 0 Å². The lowest BCUT2D eigenvalue weighted by molar-refractivity contribution is 0.191. The summed E-state index contributed by atoms with van der Waals surface area (Å²) < 4.78 is 7.18. The molecule has 4 heteroatoms. The molecule has 0 aliphatic rings. The minimum absolute atomic E-state index is 0.837. The molecule has 98 valence electrons. The largest absolute Gasteiger partial charge is 0.385 e. The highest BCUT2D eigenvalue weighted by molar-refractivity contribution is 5.24. The van der Waals surface area contributed by atoms with E-state index in [1.807, 2.05) is 0 Å². The summed E-state index contributed by atoms with van der Waals surface area (Å²) in [5.41, 5.74) is 3.79. The quantitative estimate of drug-likeness (QED) is 0.706. The summed E-state index contributed by atoms with van der Waals surface area (Å²) in [6.07, 6.45) is 2.22. The van der Waals surface area contributed by atoms with E-state index in [1.54, 1.807) is 7.11 Å². The normalized spacial score (nSPS) is 11.1. The van der Waals surface area contributed by atoms with Crippen LogP contribution in [0.5, 0.6) is 0 Å². The minimum Gasteiger partial charge on any atom is -0.385 e. The zero-order chi connectivity index (χ0) is 12.7. The van der Waals surface area contributed by atoms with Gasteiger partial charge in [-0.2, -0.15) is 5.10 Å². The highest BCUT2D eigenvalue weighted by atomic mass is 16.5. The summed E-state index contributed by atoms with van der Waals surface area (Å²) in [5.74, 6) is 0. The molecule has 1 N–H and O–H groups in total. The van der Waals surface area contributed by atoms with E-state index < -0.39 is 0 Å². The number of aryl methyl sites for hydroxylation is 2. The summed E-state index contributed by atoms with van der Waals surface area (Å²) in [6, 6.07) is 0. The minimum atomic E-state index is 0.837. The van der Waals surface area contributed by atoms with Crippen LogP contribution < -0.4 is 5.32 Å². The molecule has 1 rings (SSSR count). The summed E-state index contributed by atoms with van der Waals surface area (Å²) in [6.45, 7) is 10.1. The lowest BCUT2D eigenvalue weighted by atomic mass is 10.2. The van der Waals surface area contributed by atoms with Gasteiger partial charge in [-0.1, -0.05) is 6.92 Å². The summed E-state index contributed by atoms with van der Waals surface area (Å²) in [5, 5.41) is 7.96. The van der Waals surface area contributed by atoms with E-state index in [1.165, 1.54) is 11.3 Å². The smallest absolute Gasteiger partial charge is 0.0641 e. The van der Waals surface area contributed by atoms with Crippen LogP contribution in [0.2, 0.25) is 0 Å². The first-order valence-corrected chi connectivity index (χ1v) is 6.43. The van der Waals surface area contributed by atoms with E-state index in [-0.39, 0.29) is 0 Å². The molecule has 0 atom stereocenters. The third-order valence-corrected chi connectivity index (χ3v) is 3.05. The van der Waals surface area contributed by atoms with Crippen molar-refractivity contribution in [3.63, 3.8) is 0 Å². The van der Waals surface area contributed by atoms with Crippen LogP contribution >= 0.6 is 0 Å². The van der Waals surface area contributed by atoms with E-state index >= 15 is 0 Å². The summed E-state index contributed by atoms with van der Waals surface area (Å²) >= 11 is 0. The Kier molecular flexibility index (Phi) is 6.22. The molecule has 17 heavy (non-hydrogen) atoms. The zero-order valence-corrected chi connectivity index (χ0v) is 11.5. The number of aromatic nitrogens is 2. The van der Waals surface area contributed by atoms with Crippen LogP contribution in [0.3, 0.4) is 0 Å². The van der Waals surface area contributed by atoms with Crippen molar-refractivity contribution in [1.29, 1.82) is 0 Å². The zero-order valence-electron chi connectivity index (χ0n) is 11.5. The van der Waals surface area contributed by atoms with Gasteiger partial charge in [0.2, 0.25) is 0 Å². The van der Waals surface area contributed by atoms with E-state index in [9.17, 15) is 0 Å². The second-order valence-corrected chi connectivity index (χ2v) is 4.35. The first kappa shape index (κ1) is 14.2. The van der Waals surface area contributed by atoms with Gasteiger partial charge < -0.3 is 10.1 Å². The molecule has 0 spiro atoms. The molecule has 0 unspecified atom stereocenters. The second-order valence-electron chi connectivity index (χ2n) is 4.35. The Bertz CT molecular complexity index is 334. The van der Waals surface area contributed by atoms with Crippen molar-refractivity contribution in [1.82, 2.24) is 15.1 Å². The van der Waals surface area contributed by atoms with Gasteiger partial charge in [-0.05, 0) is 33.2 Å². The summed E-state index contributed by atoms with van der Waals surface area (Å²) in [7, 11) is 1.75. The molecule has 0 saturated heterocycles. The Balaban J connectivity index is 2.55. The van der Waals surface area contributed by atoms with Gasteiger partial charge in [-0.15, -0.1) is 0 Å². The van der Waals surface area contributed by atoms with Crippen molar-refractivity contribution < 1.29 is 4.74 Å². The fourth-order valence-corrected chi connectivity index (χ4v) is 1.97. The first-order chi connectivity index (χ1) is 8.20. The Morgan fingerprint density at radius 3 is 2.71 bits per heavy atom. The van der Waals surface area contributed by atoms with E-state index in [0.29, 0.717) is 0 Å². The fourth-order valence-electron chi connectivity index (χ4n) is 1.97. The molecule has 0 bridgehead atoms. The topological polar surface area (TPSA) is 39.1 Å². The number of rotatable bonds is 8. The van der Waals surface area contributed by atoms with Crippen molar-refractivity contribution in [3.8, 4) is 0 Å². The highest BCUT2D eigenvalue weighted by Crippen LogP contribution is 2.13. The monoisotopic (exact) mass is 239 g/mol. The van der Waals surface area contributed by atoms with Gasteiger partial charge in [0.1, 0.15) is 0 Å². The average molecular weight is 239 g/mol. The predicted octanol–water partition coefficient (Wildman–Crippen LogP) is 2.04. The van der Waals surface area contributed by atoms with Crippen LogP contribution in [0.25, 0.3) is 0 Å². The Hall–Kier alpha value is -0.870. The standard InChI is InChI=1S/C13H25N3O/c1-5-14-10-13-11(2)15-16(12(13)3)8-6-7-9-17-4/h14H,5-10H2,1-4H3. The molecular formula is C13H25N3O. The van der Waals surface area contributed by atoms with Gasteiger partial charge in [-0.25, -0.2) is 0 Å². The van der Waals surface area contributed by atoms with E-state index in [4.69, 9.17) is 4.74 Å². The third-order valence-electron chi connectivity index (χ3n) is 3.05. The lowest BCUT2D eigenvalue weighted by Crippen LogP contribution is -2.13. The van der Waals surface area contributed by atoms with Crippen LogP contribution in [-0.2, 0) is 17.8 Å². The number of ether oxygens (including phenoxy) is 1. The molecule has 0 aliphatic carbocycles. The highest BCUT2D eigenvalue weighted by Gasteiger charge is 2.10. The number of unbranched alkanes of at least 4 members (excludes halogenated alkanes) is 1. The molecule has 0 aliphatic heterocycles. The molecule has 1 aromatic heterocycles. The lowest BCUT2D eigenvalue weighted by Gasteiger charge is -2.05. The number of nitrogens with one attached hydrogen (secondary N) is 1. The van der Waals surface area contributed by atoms with Gasteiger partial charge >= 0.3 is 0 Å². The molecule has 0 radical (unpaired) electrons. The second kappa shape index (κ2) is 7.45. The van der Waals surface area contributed by atoms with Crippen molar-refractivity contribution >= 4 is 0 Å². The SMILES string of the molecule is CCNCc1c(C)nn(CCCCOC)c1C. The Labute approximate surface area is 104 Å². The predicted molar refractivity (Wildman–Crippen MR) is 70.2 cm³/mol. The fraction of sp³-hybridized carbons (Fsp3) is 0.769.